The van der Waals surface area contributed by atoms with Crippen LogP contribution < -0.4 is 5.73 Å². The SMILES string of the molecule is Nc1cnn(C2CCS(=O)C(=O)C2)c1. The lowest BCUT2D eigenvalue weighted by Gasteiger charge is -2.20. The molecule has 2 rings (SSSR count). The van der Waals surface area contributed by atoms with Crippen molar-refractivity contribution in [1.82, 2.24) is 9.78 Å². The Morgan fingerprint density at radius 2 is 2.43 bits per heavy atom. The molecule has 76 valence electrons. The van der Waals surface area contributed by atoms with Crippen LogP contribution in [0, 0.1) is 0 Å². The van der Waals surface area contributed by atoms with Crippen LogP contribution >= 0.6 is 0 Å². The second-order valence-corrected chi connectivity index (χ2v) is 4.88. The Morgan fingerprint density at radius 3 is 3.00 bits per heavy atom. The summed E-state index contributed by atoms with van der Waals surface area (Å²) in [7, 11) is -1.28. The topological polar surface area (TPSA) is 78.0 Å². The summed E-state index contributed by atoms with van der Waals surface area (Å²) in [5.74, 6) is 0.434. The lowest BCUT2D eigenvalue weighted by atomic mass is 10.1. The van der Waals surface area contributed by atoms with E-state index in [2.05, 4.69) is 5.10 Å². The van der Waals surface area contributed by atoms with Gasteiger partial charge in [-0.2, -0.15) is 5.10 Å². The fourth-order valence-electron chi connectivity index (χ4n) is 1.52. The number of carbonyl (C=O) groups excluding carboxylic acids is 1. The van der Waals surface area contributed by atoms with E-state index in [4.69, 9.17) is 5.73 Å². The number of hydrogen-bond acceptors (Lipinski definition) is 4. The lowest BCUT2D eigenvalue weighted by molar-refractivity contribution is -0.112. The molecule has 14 heavy (non-hydrogen) atoms. The fraction of sp³-hybridized carbons (Fsp3) is 0.500. The van der Waals surface area contributed by atoms with E-state index in [1.807, 2.05) is 0 Å². The van der Waals surface area contributed by atoms with Gasteiger partial charge in [-0.25, -0.2) is 0 Å². The van der Waals surface area contributed by atoms with Crippen molar-refractivity contribution in [2.45, 2.75) is 18.9 Å². The smallest absolute Gasteiger partial charge is 0.220 e. The Kier molecular flexibility index (Phi) is 2.37. The average Bonchev–Trinajstić information content (AvgIpc) is 2.57. The first-order valence-corrected chi connectivity index (χ1v) is 5.69. The molecule has 0 aliphatic carbocycles. The Hall–Kier alpha value is -1.17. The van der Waals surface area contributed by atoms with Crippen molar-refractivity contribution in [2.75, 3.05) is 11.5 Å². The maximum Gasteiger partial charge on any atom is 0.220 e. The number of rotatable bonds is 1. The molecule has 1 aliphatic rings. The quantitative estimate of drug-likeness (QED) is 0.716. The summed E-state index contributed by atoms with van der Waals surface area (Å²) in [5, 5.41) is 3.85. The van der Waals surface area contributed by atoms with Crippen molar-refractivity contribution in [2.24, 2.45) is 0 Å². The van der Waals surface area contributed by atoms with Crippen LogP contribution in [0.15, 0.2) is 12.4 Å². The van der Waals surface area contributed by atoms with Gasteiger partial charge in [-0.05, 0) is 6.42 Å². The van der Waals surface area contributed by atoms with Gasteiger partial charge >= 0.3 is 0 Å². The summed E-state index contributed by atoms with van der Waals surface area (Å²) in [6.45, 7) is 0. The van der Waals surface area contributed by atoms with Crippen molar-refractivity contribution in [1.29, 1.82) is 0 Å². The molecule has 1 aliphatic heterocycles. The van der Waals surface area contributed by atoms with Gasteiger partial charge in [-0.3, -0.25) is 13.7 Å². The van der Waals surface area contributed by atoms with E-state index in [1.54, 1.807) is 17.1 Å². The number of hydrogen-bond donors (Lipinski definition) is 1. The molecule has 2 unspecified atom stereocenters. The van der Waals surface area contributed by atoms with Gasteiger partial charge in [0.1, 0.15) is 0 Å². The second-order valence-electron chi connectivity index (χ2n) is 3.32. The van der Waals surface area contributed by atoms with Crippen molar-refractivity contribution in [3.63, 3.8) is 0 Å². The molecule has 0 aromatic carbocycles. The van der Waals surface area contributed by atoms with Crippen LogP contribution in [0.25, 0.3) is 0 Å². The van der Waals surface area contributed by atoms with Gasteiger partial charge in [-0.1, -0.05) is 0 Å². The van der Waals surface area contributed by atoms with Gasteiger partial charge in [0.15, 0.2) is 0 Å². The number of nitrogen functional groups attached to an aromatic ring is 1. The first-order valence-electron chi connectivity index (χ1n) is 4.37. The molecule has 2 N–H and O–H groups in total. The summed E-state index contributed by atoms with van der Waals surface area (Å²) in [6.07, 6.45) is 4.27. The van der Waals surface area contributed by atoms with Gasteiger partial charge < -0.3 is 5.73 Å². The summed E-state index contributed by atoms with van der Waals surface area (Å²) in [5.41, 5.74) is 6.11. The zero-order valence-electron chi connectivity index (χ0n) is 7.55. The molecule has 1 fully saturated rings. The van der Waals surface area contributed by atoms with Gasteiger partial charge in [0, 0.05) is 18.4 Å². The molecule has 0 saturated carbocycles. The summed E-state index contributed by atoms with van der Waals surface area (Å²) in [4.78, 5) is 11.2. The van der Waals surface area contributed by atoms with Crippen molar-refractivity contribution >= 4 is 21.6 Å². The average molecular weight is 213 g/mol. The Balaban J connectivity index is 2.14. The maximum atomic E-state index is 11.2. The molecule has 0 radical (unpaired) electrons. The number of carbonyl (C=O) groups is 1. The minimum Gasteiger partial charge on any atom is -0.396 e. The highest BCUT2D eigenvalue weighted by Gasteiger charge is 2.26. The zero-order chi connectivity index (χ0) is 10.1. The van der Waals surface area contributed by atoms with E-state index >= 15 is 0 Å². The number of nitrogens with two attached hydrogens (primary N) is 1. The van der Waals surface area contributed by atoms with Crippen molar-refractivity contribution in [3.8, 4) is 0 Å². The first-order chi connectivity index (χ1) is 6.66. The van der Waals surface area contributed by atoms with Crippen molar-refractivity contribution < 1.29 is 9.00 Å². The van der Waals surface area contributed by atoms with Crippen molar-refractivity contribution in [3.05, 3.63) is 12.4 Å². The molecular formula is C8H11N3O2S. The van der Waals surface area contributed by atoms with Gasteiger partial charge in [0.2, 0.25) is 5.12 Å². The third-order valence-corrected chi connectivity index (χ3v) is 3.57. The van der Waals surface area contributed by atoms with E-state index in [-0.39, 0.29) is 11.2 Å². The maximum absolute atomic E-state index is 11.2. The number of anilines is 1. The molecule has 6 heteroatoms. The molecule has 0 bridgehead atoms. The largest absolute Gasteiger partial charge is 0.396 e. The van der Waals surface area contributed by atoms with E-state index in [9.17, 15) is 9.00 Å². The second kappa shape index (κ2) is 3.53. The molecular weight excluding hydrogens is 202 g/mol. The van der Waals surface area contributed by atoms with E-state index in [0.29, 0.717) is 17.9 Å². The predicted octanol–water partition coefficient (Wildman–Crippen LogP) is 0.0755. The standard InChI is InChI=1S/C8H11N3O2S/c9-6-4-10-11(5-6)7-1-2-14(13)8(12)3-7/h4-5,7H,1-3,9H2. The third kappa shape index (κ3) is 1.70. The molecule has 2 atom stereocenters. The molecule has 1 aromatic rings. The third-order valence-electron chi connectivity index (χ3n) is 2.29. The Labute approximate surface area is 83.7 Å². The van der Waals surface area contributed by atoms with E-state index in [0.717, 1.165) is 6.42 Å². The number of aromatic nitrogens is 2. The van der Waals surface area contributed by atoms with Crippen LogP contribution in [0.4, 0.5) is 5.69 Å². The summed E-state index contributed by atoms with van der Waals surface area (Å²) in [6, 6.07) is 0.0255. The highest BCUT2D eigenvalue weighted by molar-refractivity contribution is 8.00. The minimum absolute atomic E-state index is 0.0255. The van der Waals surface area contributed by atoms with Crippen LogP contribution in [-0.4, -0.2) is 24.9 Å². The predicted molar refractivity (Wildman–Crippen MR) is 52.9 cm³/mol. The van der Waals surface area contributed by atoms with Crippen LogP contribution in [0.1, 0.15) is 18.9 Å². The summed E-state index contributed by atoms with van der Waals surface area (Å²) < 4.78 is 12.8. The van der Waals surface area contributed by atoms with Crippen LogP contribution in [-0.2, 0) is 15.6 Å². The molecule has 5 nitrogen and oxygen atoms in total. The van der Waals surface area contributed by atoms with Gasteiger partial charge in [-0.15, -0.1) is 0 Å². The zero-order valence-corrected chi connectivity index (χ0v) is 8.37. The van der Waals surface area contributed by atoms with Crippen LogP contribution in [0.2, 0.25) is 0 Å². The van der Waals surface area contributed by atoms with E-state index < -0.39 is 10.8 Å². The number of nitrogens with zero attached hydrogens (tertiary/aromatic N) is 2. The minimum atomic E-state index is -1.28. The van der Waals surface area contributed by atoms with Crippen LogP contribution in [0.5, 0.6) is 0 Å². The van der Waals surface area contributed by atoms with E-state index in [1.165, 1.54) is 0 Å². The molecule has 0 amide bonds. The molecule has 0 spiro atoms. The Morgan fingerprint density at radius 1 is 1.64 bits per heavy atom. The van der Waals surface area contributed by atoms with Crippen LogP contribution in [0.3, 0.4) is 0 Å². The molecule has 2 heterocycles. The Bertz CT molecular complexity index is 388. The normalized spacial score (nSPS) is 27.9. The lowest BCUT2D eigenvalue weighted by Crippen LogP contribution is -2.26. The summed E-state index contributed by atoms with van der Waals surface area (Å²) >= 11 is 0. The van der Waals surface area contributed by atoms with Gasteiger partial charge in [0.05, 0.1) is 28.7 Å². The highest BCUT2D eigenvalue weighted by atomic mass is 32.2. The van der Waals surface area contributed by atoms with Gasteiger partial charge in [0.25, 0.3) is 0 Å². The monoisotopic (exact) mass is 213 g/mol. The molecule has 1 saturated heterocycles. The first kappa shape index (κ1) is 9.39. The highest BCUT2D eigenvalue weighted by Crippen LogP contribution is 2.22. The molecule has 1 aromatic heterocycles. The fourth-order valence-corrected chi connectivity index (χ4v) is 2.61.